The number of hydrogen-bond acceptors (Lipinski definition) is 3. The number of thioether (sulfide) groups is 1. The van der Waals surface area contributed by atoms with Crippen molar-refractivity contribution < 1.29 is 10.2 Å². The van der Waals surface area contributed by atoms with Crippen molar-refractivity contribution in [1.82, 2.24) is 0 Å². The van der Waals surface area contributed by atoms with E-state index in [1.54, 1.807) is 11.8 Å². The molecule has 0 saturated carbocycles. The Hall–Kier alpha value is -1.32. The van der Waals surface area contributed by atoms with Crippen molar-refractivity contribution in [2.45, 2.75) is 79.0 Å². The zero-order chi connectivity index (χ0) is 21.9. The molecular formula is C24H37ClO2S. The van der Waals surface area contributed by atoms with Gasteiger partial charge < -0.3 is 10.2 Å². The maximum absolute atomic E-state index is 11.0. The summed E-state index contributed by atoms with van der Waals surface area (Å²) in [6.07, 6.45) is 5.39. The molecule has 0 saturated heterocycles. The fourth-order valence-electron chi connectivity index (χ4n) is 2.86. The van der Waals surface area contributed by atoms with E-state index in [9.17, 15) is 10.2 Å². The molecule has 0 aliphatic heterocycles. The van der Waals surface area contributed by atoms with E-state index in [1.807, 2.05) is 40.7 Å². The summed E-state index contributed by atoms with van der Waals surface area (Å²) in [6, 6.07) is 2.02. The summed E-state index contributed by atoms with van der Waals surface area (Å²) in [5.41, 5.74) is 4.33. The van der Waals surface area contributed by atoms with Gasteiger partial charge in [-0.05, 0) is 62.6 Å². The van der Waals surface area contributed by atoms with Crippen molar-refractivity contribution in [3.63, 3.8) is 0 Å². The second-order valence-electron chi connectivity index (χ2n) is 6.55. The van der Waals surface area contributed by atoms with E-state index in [2.05, 4.69) is 20.4 Å². The molecule has 0 spiro atoms. The van der Waals surface area contributed by atoms with E-state index in [-0.39, 0.29) is 16.5 Å². The van der Waals surface area contributed by atoms with Crippen LogP contribution < -0.4 is 0 Å². The van der Waals surface area contributed by atoms with Crippen LogP contribution in [0.1, 0.15) is 77.0 Å². The number of aliphatic hydroxyl groups is 1. The Labute approximate surface area is 181 Å². The molecule has 0 heterocycles. The number of allylic oxidation sites excluding steroid dienone is 4. The molecule has 1 aromatic carbocycles. The van der Waals surface area contributed by atoms with Gasteiger partial charge in [-0.25, -0.2) is 0 Å². The zero-order valence-electron chi connectivity index (χ0n) is 18.6. The molecule has 158 valence electrons. The molecule has 0 unspecified atom stereocenters. The fourth-order valence-corrected chi connectivity index (χ4v) is 4.11. The molecule has 0 radical (unpaired) electrons. The minimum atomic E-state index is -0.0267. The summed E-state index contributed by atoms with van der Waals surface area (Å²) in [5, 5.41) is 22.0. The van der Waals surface area contributed by atoms with Gasteiger partial charge in [-0.15, -0.1) is 11.8 Å². The summed E-state index contributed by atoms with van der Waals surface area (Å²) >= 11 is 7.84. The van der Waals surface area contributed by atoms with Crippen LogP contribution in [-0.4, -0.2) is 16.0 Å². The minimum absolute atomic E-state index is 0.0267. The number of hydrogen-bond donors (Lipinski definition) is 2. The summed E-state index contributed by atoms with van der Waals surface area (Å²) in [4.78, 5) is 0.848. The number of unbranched alkanes of at least 4 members (excludes halogenated alkanes) is 1. The van der Waals surface area contributed by atoms with Crippen molar-refractivity contribution in [2.75, 3.05) is 5.75 Å². The SMILES string of the molecule is C=C/C(Cl)=C(O)\C(=C(\C)CCC)c1c(C)c(C)cc(SCCCC)c1O.CC. The molecule has 0 bridgehead atoms. The number of halogens is 1. The number of aryl methyl sites for hydroxylation is 1. The quantitative estimate of drug-likeness (QED) is 0.180. The number of phenols is 1. The molecule has 28 heavy (non-hydrogen) atoms. The molecule has 0 atom stereocenters. The molecule has 2 N–H and O–H groups in total. The zero-order valence-corrected chi connectivity index (χ0v) is 20.2. The van der Waals surface area contributed by atoms with Crippen molar-refractivity contribution in [3.05, 3.63) is 51.8 Å². The predicted molar refractivity (Wildman–Crippen MR) is 128 cm³/mol. The number of aliphatic hydroxyl groups excluding tert-OH is 1. The number of rotatable bonds is 9. The Balaban J connectivity index is 0.00000352. The summed E-state index contributed by atoms with van der Waals surface area (Å²) in [7, 11) is 0. The standard InChI is InChI=1S/C22H31ClO2S.C2H6/c1-7-10-12-26-18-13-15(5)16(6)20(22(18)25)19(14(4)11-8-2)21(24)17(23)9-3;1-2/h9,13,24-25H,3,7-8,10-12H2,1-2,4-6H3;1-2H3/b19-14-,21-17-;. The highest BCUT2D eigenvalue weighted by molar-refractivity contribution is 7.99. The highest BCUT2D eigenvalue weighted by Crippen LogP contribution is 2.43. The molecule has 0 aliphatic carbocycles. The van der Waals surface area contributed by atoms with Gasteiger partial charge in [-0.3, -0.25) is 0 Å². The average Bonchev–Trinajstić information content (AvgIpc) is 2.69. The lowest BCUT2D eigenvalue weighted by atomic mass is 9.90. The Kier molecular flexibility index (Phi) is 13.1. The first-order chi connectivity index (χ1) is 13.3. The van der Waals surface area contributed by atoms with Crippen LogP contribution >= 0.6 is 23.4 Å². The van der Waals surface area contributed by atoms with Gasteiger partial charge in [0.05, 0.1) is 9.93 Å². The normalized spacial score (nSPS) is 12.6. The molecule has 2 nitrogen and oxygen atoms in total. The maximum atomic E-state index is 11.0. The third kappa shape index (κ3) is 6.93. The maximum Gasteiger partial charge on any atom is 0.142 e. The van der Waals surface area contributed by atoms with E-state index >= 15 is 0 Å². The van der Waals surface area contributed by atoms with Crippen LogP contribution in [0.5, 0.6) is 5.75 Å². The van der Waals surface area contributed by atoms with Gasteiger partial charge in [-0.2, -0.15) is 0 Å². The molecule has 0 aromatic heterocycles. The van der Waals surface area contributed by atoms with Crippen LogP contribution in [0.15, 0.2) is 40.0 Å². The Morgan fingerprint density at radius 3 is 2.32 bits per heavy atom. The second kappa shape index (κ2) is 13.8. The van der Waals surface area contributed by atoms with E-state index in [1.165, 1.54) is 6.08 Å². The van der Waals surface area contributed by atoms with Crippen LogP contribution in [0.3, 0.4) is 0 Å². The monoisotopic (exact) mass is 424 g/mol. The average molecular weight is 425 g/mol. The van der Waals surface area contributed by atoms with Crippen LogP contribution in [0.4, 0.5) is 0 Å². The Morgan fingerprint density at radius 1 is 1.21 bits per heavy atom. The first-order valence-corrected chi connectivity index (χ1v) is 11.5. The molecule has 1 rings (SSSR count). The fraction of sp³-hybridized carbons (Fsp3) is 0.500. The van der Waals surface area contributed by atoms with Crippen LogP contribution in [0.2, 0.25) is 0 Å². The summed E-state index contributed by atoms with van der Waals surface area (Å²) in [6.45, 7) is 17.9. The van der Waals surface area contributed by atoms with E-state index in [0.717, 1.165) is 53.0 Å². The van der Waals surface area contributed by atoms with Crippen LogP contribution in [0.25, 0.3) is 5.57 Å². The van der Waals surface area contributed by atoms with Gasteiger partial charge in [0.25, 0.3) is 0 Å². The lowest BCUT2D eigenvalue weighted by Gasteiger charge is -2.20. The molecule has 0 fully saturated rings. The molecule has 0 amide bonds. The van der Waals surface area contributed by atoms with Crippen molar-refractivity contribution in [1.29, 1.82) is 0 Å². The molecule has 4 heteroatoms. The highest BCUT2D eigenvalue weighted by atomic mass is 35.5. The first kappa shape index (κ1) is 26.7. The summed E-state index contributed by atoms with van der Waals surface area (Å²) < 4.78 is 0. The van der Waals surface area contributed by atoms with Gasteiger partial charge >= 0.3 is 0 Å². The first-order valence-electron chi connectivity index (χ1n) is 10.2. The molecule has 0 aliphatic rings. The summed E-state index contributed by atoms with van der Waals surface area (Å²) in [5.74, 6) is 1.15. The van der Waals surface area contributed by atoms with Crippen molar-refractivity contribution in [3.8, 4) is 5.75 Å². The smallest absolute Gasteiger partial charge is 0.142 e. The topological polar surface area (TPSA) is 40.5 Å². The third-order valence-corrected chi connectivity index (χ3v) is 5.93. The molecule has 1 aromatic rings. The van der Waals surface area contributed by atoms with E-state index in [4.69, 9.17) is 11.6 Å². The third-order valence-electron chi connectivity index (χ3n) is 4.48. The predicted octanol–water partition coefficient (Wildman–Crippen LogP) is 8.70. The lowest BCUT2D eigenvalue weighted by molar-refractivity contribution is 0.431. The molecular weight excluding hydrogens is 388 g/mol. The van der Waals surface area contributed by atoms with Gasteiger partial charge in [0.1, 0.15) is 11.5 Å². The van der Waals surface area contributed by atoms with Crippen LogP contribution in [0, 0.1) is 13.8 Å². The number of aromatic hydroxyl groups is 1. The van der Waals surface area contributed by atoms with Crippen molar-refractivity contribution >= 4 is 28.9 Å². The largest absolute Gasteiger partial charge is 0.506 e. The number of benzene rings is 1. The lowest BCUT2D eigenvalue weighted by Crippen LogP contribution is -2.01. The van der Waals surface area contributed by atoms with Gasteiger partial charge in [-0.1, -0.05) is 64.3 Å². The Bertz CT molecular complexity index is 718. The number of phenolic OH excluding ortho intramolecular Hbond substituents is 1. The van der Waals surface area contributed by atoms with Crippen molar-refractivity contribution in [2.24, 2.45) is 0 Å². The van der Waals surface area contributed by atoms with Gasteiger partial charge in [0.2, 0.25) is 0 Å². The van der Waals surface area contributed by atoms with Gasteiger partial charge in [0, 0.05) is 11.1 Å². The Morgan fingerprint density at radius 2 is 1.82 bits per heavy atom. The van der Waals surface area contributed by atoms with Crippen LogP contribution in [-0.2, 0) is 0 Å². The highest BCUT2D eigenvalue weighted by Gasteiger charge is 2.22. The van der Waals surface area contributed by atoms with E-state index < -0.39 is 0 Å². The second-order valence-corrected chi connectivity index (χ2v) is 8.09. The van der Waals surface area contributed by atoms with Gasteiger partial charge in [0.15, 0.2) is 0 Å². The minimum Gasteiger partial charge on any atom is -0.506 e. The van der Waals surface area contributed by atoms with E-state index in [0.29, 0.717) is 11.1 Å².